The van der Waals surface area contributed by atoms with E-state index in [4.69, 9.17) is 5.73 Å². The van der Waals surface area contributed by atoms with Gasteiger partial charge in [-0.1, -0.05) is 38.1 Å². The average molecular weight is 306 g/mol. The van der Waals surface area contributed by atoms with E-state index in [0.29, 0.717) is 17.0 Å². The molecule has 1 atom stereocenters. The summed E-state index contributed by atoms with van der Waals surface area (Å²) in [6, 6.07) is 10.4. The molecule has 0 saturated carbocycles. The van der Waals surface area contributed by atoms with Crippen LogP contribution in [0.5, 0.6) is 0 Å². The predicted octanol–water partition coefficient (Wildman–Crippen LogP) is 3.13. The van der Waals surface area contributed by atoms with Crippen molar-refractivity contribution in [2.24, 2.45) is 5.92 Å². The van der Waals surface area contributed by atoms with Crippen LogP contribution >= 0.6 is 0 Å². The normalized spacial score (nSPS) is 13.7. The summed E-state index contributed by atoms with van der Waals surface area (Å²) in [7, 11) is -3.55. The second kappa shape index (κ2) is 6.03. The van der Waals surface area contributed by atoms with Crippen LogP contribution in [0.2, 0.25) is 0 Å². The summed E-state index contributed by atoms with van der Waals surface area (Å²) >= 11 is 0. The third-order valence-corrected chi connectivity index (χ3v) is 5.04. The number of hydrogen-bond donors (Lipinski definition) is 2. The Morgan fingerprint density at radius 2 is 1.67 bits per heavy atom. The summed E-state index contributed by atoms with van der Waals surface area (Å²) in [5.41, 5.74) is 6.50. The largest absolute Gasteiger partial charge is 0.398 e. The first-order chi connectivity index (χ1) is 9.81. The highest BCUT2D eigenvalue weighted by molar-refractivity contribution is 7.89. The van der Waals surface area contributed by atoms with Gasteiger partial charge in [-0.2, -0.15) is 0 Å². The maximum Gasteiger partial charge on any atom is 0.241 e. The number of nitrogens with one attached hydrogen (secondary N) is 1. The van der Waals surface area contributed by atoms with Gasteiger partial charge in [0, 0.05) is 22.5 Å². The van der Waals surface area contributed by atoms with Crippen LogP contribution in [0, 0.1) is 5.92 Å². The molecule has 3 N–H and O–H groups in total. The lowest BCUT2D eigenvalue weighted by Crippen LogP contribution is -2.33. The van der Waals surface area contributed by atoms with Gasteiger partial charge in [-0.15, -0.1) is 0 Å². The highest BCUT2D eigenvalue weighted by Gasteiger charge is 2.20. The molecule has 0 spiro atoms. The van der Waals surface area contributed by atoms with Crippen LogP contribution in [0.3, 0.4) is 0 Å². The lowest BCUT2D eigenvalue weighted by molar-refractivity contribution is 0.483. The molecule has 114 valence electrons. The Kier molecular flexibility index (Phi) is 4.54. The molecule has 1 unspecified atom stereocenters. The maximum atomic E-state index is 12.6. The Labute approximate surface area is 126 Å². The number of nitrogen functional groups attached to an aromatic ring is 1. The zero-order valence-corrected chi connectivity index (χ0v) is 13.4. The molecule has 2 aromatic rings. The topological polar surface area (TPSA) is 72.2 Å². The lowest BCUT2D eigenvalue weighted by Gasteiger charge is -2.17. The van der Waals surface area contributed by atoms with Crippen LogP contribution in [0.1, 0.15) is 27.2 Å². The number of fused-ring (bicyclic) bond motifs is 1. The van der Waals surface area contributed by atoms with Crippen LogP contribution in [-0.4, -0.2) is 14.5 Å². The van der Waals surface area contributed by atoms with E-state index in [1.807, 2.05) is 25.1 Å². The van der Waals surface area contributed by atoms with Crippen molar-refractivity contribution in [3.05, 3.63) is 36.4 Å². The Morgan fingerprint density at radius 1 is 1.05 bits per heavy atom. The Bertz CT molecular complexity index is 739. The van der Waals surface area contributed by atoms with E-state index < -0.39 is 10.0 Å². The van der Waals surface area contributed by atoms with Crippen LogP contribution in [0.4, 0.5) is 5.69 Å². The van der Waals surface area contributed by atoms with Gasteiger partial charge in [-0.05, 0) is 31.4 Å². The Hall–Kier alpha value is -1.59. The summed E-state index contributed by atoms with van der Waals surface area (Å²) in [6.45, 7) is 6.03. The smallest absolute Gasteiger partial charge is 0.241 e. The van der Waals surface area contributed by atoms with Crippen molar-refractivity contribution in [3.63, 3.8) is 0 Å². The van der Waals surface area contributed by atoms with Crippen molar-refractivity contribution in [2.75, 3.05) is 5.73 Å². The zero-order valence-electron chi connectivity index (χ0n) is 12.6. The van der Waals surface area contributed by atoms with E-state index in [2.05, 4.69) is 18.6 Å². The maximum absolute atomic E-state index is 12.6. The molecular formula is C16H22N2O2S. The van der Waals surface area contributed by atoms with Gasteiger partial charge < -0.3 is 5.73 Å². The summed E-state index contributed by atoms with van der Waals surface area (Å²) in [6.07, 6.45) is 0.798. The number of sulfonamides is 1. The fourth-order valence-corrected chi connectivity index (χ4v) is 4.08. The monoisotopic (exact) mass is 306 g/mol. The van der Waals surface area contributed by atoms with Crippen molar-refractivity contribution < 1.29 is 8.42 Å². The molecule has 2 rings (SSSR count). The third-order valence-electron chi connectivity index (χ3n) is 3.39. The molecule has 0 heterocycles. The van der Waals surface area contributed by atoms with Gasteiger partial charge in [0.2, 0.25) is 10.0 Å². The number of hydrogen-bond acceptors (Lipinski definition) is 3. The van der Waals surface area contributed by atoms with Gasteiger partial charge in [-0.3, -0.25) is 0 Å². The lowest BCUT2D eigenvalue weighted by atomic mass is 10.1. The molecule has 0 bridgehead atoms. The molecule has 21 heavy (non-hydrogen) atoms. The number of rotatable bonds is 5. The number of anilines is 1. The van der Waals surface area contributed by atoms with E-state index in [-0.39, 0.29) is 10.9 Å². The molecule has 0 amide bonds. The van der Waals surface area contributed by atoms with Crippen molar-refractivity contribution in [1.82, 2.24) is 4.72 Å². The summed E-state index contributed by atoms with van der Waals surface area (Å²) in [4.78, 5) is 0.280. The molecule has 4 nitrogen and oxygen atoms in total. The molecule has 0 radical (unpaired) electrons. The molecule has 0 saturated heterocycles. The van der Waals surface area contributed by atoms with Gasteiger partial charge in [0.1, 0.15) is 0 Å². The highest BCUT2D eigenvalue weighted by Crippen LogP contribution is 2.27. The zero-order chi connectivity index (χ0) is 15.6. The SMILES string of the molecule is CC(C)CC(C)NS(=O)(=O)c1ccc(N)c2ccccc12. The fraction of sp³-hybridized carbons (Fsp3) is 0.375. The average Bonchev–Trinajstić information content (AvgIpc) is 2.37. The second-order valence-electron chi connectivity index (χ2n) is 5.85. The van der Waals surface area contributed by atoms with Gasteiger partial charge >= 0.3 is 0 Å². The highest BCUT2D eigenvalue weighted by atomic mass is 32.2. The van der Waals surface area contributed by atoms with Crippen molar-refractivity contribution >= 4 is 26.5 Å². The molecule has 2 aromatic carbocycles. The molecule has 0 aliphatic carbocycles. The number of benzene rings is 2. The molecular weight excluding hydrogens is 284 g/mol. The van der Waals surface area contributed by atoms with Crippen LogP contribution in [0.15, 0.2) is 41.3 Å². The van der Waals surface area contributed by atoms with E-state index in [0.717, 1.165) is 11.8 Å². The first-order valence-corrected chi connectivity index (χ1v) is 8.59. The standard InChI is InChI=1S/C16H22N2O2S/c1-11(2)10-12(3)18-21(19,20)16-9-8-15(17)13-6-4-5-7-14(13)16/h4-9,11-12,18H,10,17H2,1-3H3. The van der Waals surface area contributed by atoms with Gasteiger partial charge in [0.25, 0.3) is 0 Å². The molecule has 5 heteroatoms. The minimum absolute atomic E-state index is 0.105. The predicted molar refractivity (Wildman–Crippen MR) is 87.6 cm³/mol. The third kappa shape index (κ3) is 3.54. The molecule has 0 aliphatic rings. The van der Waals surface area contributed by atoms with E-state index in [1.165, 1.54) is 0 Å². The van der Waals surface area contributed by atoms with Gasteiger partial charge in [0.05, 0.1) is 4.90 Å². The van der Waals surface area contributed by atoms with Gasteiger partial charge in [0.15, 0.2) is 0 Å². The van der Waals surface area contributed by atoms with Crippen LogP contribution in [-0.2, 0) is 10.0 Å². The summed E-state index contributed by atoms with van der Waals surface area (Å²) in [5, 5.41) is 1.42. The van der Waals surface area contributed by atoms with E-state index >= 15 is 0 Å². The first kappa shape index (κ1) is 15.8. The van der Waals surface area contributed by atoms with Crippen LogP contribution < -0.4 is 10.5 Å². The summed E-state index contributed by atoms with van der Waals surface area (Å²) < 4.78 is 27.9. The summed E-state index contributed by atoms with van der Waals surface area (Å²) in [5.74, 6) is 0.436. The fourth-order valence-electron chi connectivity index (χ4n) is 2.61. The van der Waals surface area contributed by atoms with Crippen molar-refractivity contribution in [2.45, 2.75) is 38.1 Å². The molecule has 0 fully saturated rings. The van der Waals surface area contributed by atoms with Gasteiger partial charge in [-0.25, -0.2) is 13.1 Å². The minimum Gasteiger partial charge on any atom is -0.398 e. The quantitative estimate of drug-likeness (QED) is 0.834. The van der Waals surface area contributed by atoms with E-state index in [1.54, 1.807) is 18.2 Å². The van der Waals surface area contributed by atoms with E-state index in [9.17, 15) is 8.42 Å². The Morgan fingerprint density at radius 3 is 2.29 bits per heavy atom. The number of nitrogens with two attached hydrogens (primary N) is 1. The molecule has 0 aliphatic heterocycles. The minimum atomic E-state index is -3.55. The molecule has 0 aromatic heterocycles. The van der Waals surface area contributed by atoms with Crippen LogP contribution in [0.25, 0.3) is 10.8 Å². The first-order valence-electron chi connectivity index (χ1n) is 7.11. The van der Waals surface area contributed by atoms with Crippen molar-refractivity contribution in [1.29, 1.82) is 0 Å². The van der Waals surface area contributed by atoms with Crippen molar-refractivity contribution in [3.8, 4) is 0 Å². The second-order valence-corrected chi connectivity index (χ2v) is 7.53. The Balaban J connectivity index is 2.44.